The van der Waals surface area contributed by atoms with Crippen LogP contribution in [0.5, 0.6) is 23.0 Å². The van der Waals surface area contributed by atoms with E-state index in [0.29, 0.717) is 17.5 Å². The van der Waals surface area contributed by atoms with Gasteiger partial charge >= 0.3 is 5.97 Å². The van der Waals surface area contributed by atoms with Crippen LogP contribution in [-0.4, -0.2) is 57.9 Å². The molecule has 0 spiro atoms. The number of esters is 1. The minimum Gasteiger partial charge on any atom is -0.504 e. The molecule has 10 nitrogen and oxygen atoms in total. The summed E-state index contributed by atoms with van der Waals surface area (Å²) < 4.78 is 4.71. The standard InChI is InChI=1S/C24H26N2O8/c1-34-24(33)17(26-23(32)11-7-16-5-9-19(28)21(30)14-16)3-2-12-25-22(31)10-6-15-4-8-18(27)20(29)13-15/h4-11,13-14,17,27-30H,2-3,12H2,1H3,(H,25,31)(H,26,32)/b10-6+,11-7+. The molecule has 0 fully saturated rings. The van der Waals surface area contributed by atoms with Gasteiger partial charge in [0.15, 0.2) is 23.0 Å². The average Bonchev–Trinajstić information content (AvgIpc) is 2.82. The van der Waals surface area contributed by atoms with Crippen LogP contribution >= 0.6 is 0 Å². The lowest BCUT2D eigenvalue weighted by molar-refractivity contribution is -0.144. The van der Waals surface area contributed by atoms with Crippen molar-refractivity contribution in [2.45, 2.75) is 18.9 Å². The number of ether oxygens (including phenoxy) is 1. The van der Waals surface area contributed by atoms with Crippen LogP contribution in [0.4, 0.5) is 0 Å². The molecule has 0 aliphatic heterocycles. The van der Waals surface area contributed by atoms with Crippen molar-refractivity contribution < 1.29 is 39.5 Å². The van der Waals surface area contributed by atoms with Crippen molar-refractivity contribution in [1.82, 2.24) is 10.6 Å². The number of methoxy groups -OCH3 is 1. The highest BCUT2D eigenvalue weighted by Crippen LogP contribution is 2.26. The summed E-state index contributed by atoms with van der Waals surface area (Å²) in [5, 5.41) is 42.7. The summed E-state index contributed by atoms with van der Waals surface area (Å²) in [4.78, 5) is 36.1. The number of amides is 2. The highest BCUT2D eigenvalue weighted by Gasteiger charge is 2.20. The number of aromatic hydroxyl groups is 4. The Morgan fingerprint density at radius 2 is 1.38 bits per heavy atom. The Hall–Kier alpha value is -4.47. The molecule has 0 aromatic heterocycles. The van der Waals surface area contributed by atoms with E-state index in [2.05, 4.69) is 10.6 Å². The van der Waals surface area contributed by atoms with Crippen LogP contribution in [0, 0.1) is 0 Å². The molecule has 1 unspecified atom stereocenters. The van der Waals surface area contributed by atoms with Crippen LogP contribution in [0.15, 0.2) is 48.6 Å². The molecular weight excluding hydrogens is 444 g/mol. The molecule has 2 aromatic rings. The summed E-state index contributed by atoms with van der Waals surface area (Å²) in [7, 11) is 1.20. The second-order valence-electron chi connectivity index (χ2n) is 7.18. The molecule has 0 aliphatic carbocycles. The molecule has 6 N–H and O–H groups in total. The lowest BCUT2D eigenvalue weighted by atomic mass is 10.1. The lowest BCUT2D eigenvalue weighted by Gasteiger charge is -2.15. The van der Waals surface area contributed by atoms with Crippen molar-refractivity contribution in [2.75, 3.05) is 13.7 Å². The van der Waals surface area contributed by atoms with Gasteiger partial charge in [0.1, 0.15) is 6.04 Å². The normalized spacial score (nSPS) is 11.9. The third-order valence-corrected chi connectivity index (χ3v) is 4.62. The van der Waals surface area contributed by atoms with Crippen molar-refractivity contribution in [3.8, 4) is 23.0 Å². The molecule has 0 bridgehead atoms. The van der Waals surface area contributed by atoms with Gasteiger partial charge in [-0.15, -0.1) is 0 Å². The molecule has 10 heteroatoms. The predicted octanol–water partition coefficient (Wildman–Crippen LogP) is 1.79. The summed E-state index contributed by atoms with van der Waals surface area (Å²) in [6, 6.07) is 7.27. The van der Waals surface area contributed by atoms with Crippen LogP contribution in [0.3, 0.4) is 0 Å². The van der Waals surface area contributed by atoms with E-state index in [9.17, 15) is 34.8 Å². The van der Waals surface area contributed by atoms with E-state index in [-0.39, 0.29) is 36.0 Å². The molecule has 0 heterocycles. The van der Waals surface area contributed by atoms with Gasteiger partial charge in [0, 0.05) is 18.7 Å². The maximum Gasteiger partial charge on any atom is 0.328 e. The van der Waals surface area contributed by atoms with Gasteiger partial charge in [-0.25, -0.2) is 4.79 Å². The molecule has 2 rings (SSSR count). The van der Waals surface area contributed by atoms with E-state index in [4.69, 9.17) is 4.74 Å². The van der Waals surface area contributed by atoms with E-state index < -0.39 is 23.8 Å². The number of hydrogen-bond acceptors (Lipinski definition) is 8. The first-order valence-electron chi connectivity index (χ1n) is 10.3. The SMILES string of the molecule is COC(=O)C(CCCNC(=O)/C=C/c1ccc(O)c(O)c1)NC(=O)/C=C/c1ccc(O)c(O)c1. The van der Waals surface area contributed by atoms with Crippen molar-refractivity contribution in [3.63, 3.8) is 0 Å². The Morgan fingerprint density at radius 1 is 0.853 bits per heavy atom. The predicted molar refractivity (Wildman–Crippen MR) is 124 cm³/mol. The van der Waals surface area contributed by atoms with Crippen LogP contribution in [0.2, 0.25) is 0 Å². The van der Waals surface area contributed by atoms with E-state index in [0.717, 1.165) is 0 Å². The van der Waals surface area contributed by atoms with Crippen molar-refractivity contribution in [3.05, 3.63) is 59.7 Å². The summed E-state index contributed by atoms with van der Waals surface area (Å²) in [6.45, 7) is 0.232. The molecule has 2 aromatic carbocycles. The second-order valence-corrected chi connectivity index (χ2v) is 7.18. The van der Waals surface area contributed by atoms with Crippen LogP contribution in [-0.2, 0) is 19.1 Å². The zero-order chi connectivity index (χ0) is 25.1. The van der Waals surface area contributed by atoms with Gasteiger partial charge in [-0.3, -0.25) is 9.59 Å². The fraction of sp³-hybridized carbons (Fsp3) is 0.208. The summed E-state index contributed by atoms with van der Waals surface area (Å²) in [5.41, 5.74) is 0.993. The van der Waals surface area contributed by atoms with Crippen LogP contribution in [0.25, 0.3) is 12.2 Å². The molecule has 2 amide bonds. The van der Waals surface area contributed by atoms with E-state index in [1.54, 1.807) is 0 Å². The summed E-state index contributed by atoms with van der Waals surface area (Å²) in [5.74, 6) is -2.76. The molecular formula is C24H26N2O8. The van der Waals surface area contributed by atoms with Crippen molar-refractivity contribution in [1.29, 1.82) is 0 Å². The molecule has 180 valence electrons. The fourth-order valence-corrected chi connectivity index (χ4v) is 2.82. The Morgan fingerprint density at radius 3 is 1.88 bits per heavy atom. The number of benzene rings is 2. The molecule has 0 radical (unpaired) electrons. The quantitative estimate of drug-likeness (QED) is 0.132. The van der Waals surface area contributed by atoms with Gasteiger partial charge < -0.3 is 35.8 Å². The first-order valence-corrected chi connectivity index (χ1v) is 10.3. The first-order chi connectivity index (χ1) is 16.2. The number of rotatable bonds is 10. The Labute approximate surface area is 195 Å². The maximum atomic E-state index is 12.2. The lowest BCUT2D eigenvalue weighted by Crippen LogP contribution is -2.41. The number of hydrogen-bond donors (Lipinski definition) is 6. The maximum absolute atomic E-state index is 12.2. The van der Waals surface area contributed by atoms with E-state index in [1.165, 1.54) is 67.8 Å². The van der Waals surface area contributed by atoms with Gasteiger partial charge in [0.2, 0.25) is 11.8 Å². The number of phenolic OH excluding ortho intramolecular Hbond substituents is 4. The third-order valence-electron chi connectivity index (χ3n) is 4.62. The Balaban J connectivity index is 1.82. The van der Waals surface area contributed by atoms with Crippen molar-refractivity contribution >= 4 is 29.9 Å². The third kappa shape index (κ3) is 8.23. The topological polar surface area (TPSA) is 165 Å². The first kappa shape index (κ1) is 25.8. The van der Waals surface area contributed by atoms with Gasteiger partial charge in [-0.1, -0.05) is 12.1 Å². The van der Waals surface area contributed by atoms with Gasteiger partial charge in [0.25, 0.3) is 0 Å². The summed E-state index contributed by atoms with van der Waals surface area (Å²) in [6.07, 6.45) is 5.89. The number of carbonyl (C=O) groups is 3. The second kappa shape index (κ2) is 12.5. The van der Waals surface area contributed by atoms with Crippen molar-refractivity contribution in [2.24, 2.45) is 0 Å². The highest BCUT2D eigenvalue weighted by atomic mass is 16.5. The monoisotopic (exact) mass is 470 g/mol. The van der Waals surface area contributed by atoms with Crippen LogP contribution in [0.1, 0.15) is 24.0 Å². The number of phenols is 4. The fourth-order valence-electron chi connectivity index (χ4n) is 2.82. The number of carbonyl (C=O) groups excluding carboxylic acids is 3. The number of nitrogens with one attached hydrogen (secondary N) is 2. The molecule has 0 saturated carbocycles. The van der Waals surface area contributed by atoms with Gasteiger partial charge in [-0.05, 0) is 60.4 Å². The summed E-state index contributed by atoms with van der Waals surface area (Å²) >= 11 is 0. The van der Waals surface area contributed by atoms with E-state index >= 15 is 0 Å². The molecule has 34 heavy (non-hydrogen) atoms. The van der Waals surface area contributed by atoms with Gasteiger partial charge in [0.05, 0.1) is 7.11 Å². The molecule has 0 saturated heterocycles. The highest BCUT2D eigenvalue weighted by molar-refractivity contribution is 5.94. The Kier molecular flexibility index (Phi) is 9.51. The van der Waals surface area contributed by atoms with Gasteiger partial charge in [-0.2, -0.15) is 0 Å². The molecule has 0 aliphatic rings. The zero-order valence-corrected chi connectivity index (χ0v) is 18.4. The largest absolute Gasteiger partial charge is 0.504 e. The zero-order valence-electron chi connectivity index (χ0n) is 18.4. The van der Waals surface area contributed by atoms with E-state index in [1.807, 2.05) is 0 Å². The molecule has 1 atom stereocenters. The Bertz CT molecular complexity index is 1090. The smallest absolute Gasteiger partial charge is 0.328 e. The minimum atomic E-state index is -0.928. The average molecular weight is 470 g/mol. The van der Waals surface area contributed by atoms with Crippen LogP contribution < -0.4 is 10.6 Å². The minimum absolute atomic E-state index is 0.210.